The molecular formula is C14H17NO3. The SMILES string of the molecule is CCCCCn1c(=O)oc2cc(C(C)=O)ccc21. The molecule has 0 amide bonds. The van der Waals surface area contributed by atoms with E-state index in [2.05, 4.69) is 6.92 Å². The van der Waals surface area contributed by atoms with Crippen LogP contribution in [0.25, 0.3) is 11.1 Å². The monoisotopic (exact) mass is 247 g/mol. The number of carbonyl (C=O) groups is 1. The number of benzene rings is 1. The molecule has 4 nitrogen and oxygen atoms in total. The molecule has 4 heteroatoms. The molecule has 2 rings (SSSR count). The van der Waals surface area contributed by atoms with Crippen molar-refractivity contribution in [2.24, 2.45) is 0 Å². The summed E-state index contributed by atoms with van der Waals surface area (Å²) in [6, 6.07) is 5.15. The number of hydrogen-bond acceptors (Lipinski definition) is 3. The maximum atomic E-state index is 11.7. The number of carbonyl (C=O) groups excluding carboxylic acids is 1. The quantitative estimate of drug-likeness (QED) is 0.603. The van der Waals surface area contributed by atoms with Gasteiger partial charge in [-0.15, -0.1) is 0 Å². The predicted molar refractivity (Wildman–Crippen MR) is 70.0 cm³/mol. The van der Waals surface area contributed by atoms with Crippen LogP contribution >= 0.6 is 0 Å². The van der Waals surface area contributed by atoms with Gasteiger partial charge in [0.05, 0.1) is 5.52 Å². The van der Waals surface area contributed by atoms with Crippen LogP contribution in [0.5, 0.6) is 0 Å². The van der Waals surface area contributed by atoms with E-state index in [9.17, 15) is 9.59 Å². The molecule has 0 atom stereocenters. The molecule has 0 unspecified atom stereocenters. The molecule has 0 radical (unpaired) electrons. The summed E-state index contributed by atoms with van der Waals surface area (Å²) in [4.78, 5) is 23.0. The van der Waals surface area contributed by atoms with Gasteiger partial charge in [0, 0.05) is 12.1 Å². The first-order valence-electron chi connectivity index (χ1n) is 6.28. The number of unbranched alkanes of at least 4 members (excludes halogenated alkanes) is 2. The molecule has 0 aliphatic carbocycles. The zero-order valence-corrected chi connectivity index (χ0v) is 10.7. The predicted octanol–water partition coefficient (Wildman–Crippen LogP) is 2.99. The van der Waals surface area contributed by atoms with Crippen LogP contribution < -0.4 is 5.76 Å². The van der Waals surface area contributed by atoms with Crippen LogP contribution in [-0.2, 0) is 6.54 Å². The normalized spacial score (nSPS) is 11.0. The molecule has 18 heavy (non-hydrogen) atoms. The summed E-state index contributed by atoms with van der Waals surface area (Å²) in [5, 5.41) is 0. The average molecular weight is 247 g/mol. The Kier molecular flexibility index (Phi) is 3.65. The van der Waals surface area contributed by atoms with Gasteiger partial charge < -0.3 is 4.42 Å². The number of aryl methyl sites for hydroxylation is 1. The molecule has 0 bridgehead atoms. The highest BCUT2D eigenvalue weighted by Crippen LogP contribution is 2.16. The summed E-state index contributed by atoms with van der Waals surface area (Å²) in [5.41, 5.74) is 1.82. The maximum absolute atomic E-state index is 11.7. The van der Waals surface area contributed by atoms with E-state index in [0.29, 0.717) is 17.7 Å². The number of fused-ring (bicyclic) bond motifs is 1. The second-order valence-electron chi connectivity index (χ2n) is 4.47. The van der Waals surface area contributed by atoms with E-state index in [0.717, 1.165) is 24.8 Å². The second-order valence-corrected chi connectivity index (χ2v) is 4.47. The summed E-state index contributed by atoms with van der Waals surface area (Å²) in [5.74, 6) is -0.375. The number of rotatable bonds is 5. The number of hydrogen-bond donors (Lipinski definition) is 0. The van der Waals surface area contributed by atoms with Crippen molar-refractivity contribution in [3.63, 3.8) is 0 Å². The Labute approximate surface area is 105 Å². The van der Waals surface area contributed by atoms with Crippen molar-refractivity contribution in [2.45, 2.75) is 39.7 Å². The van der Waals surface area contributed by atoms with Crippen LogP contribution in [0.2, 0.25) is 0 Å². The van der Waals surface area contributed by atoms with Gasteiger partial charge in [-0.2, -0.15) is 0 Å². The summed E-state index contributed by atoms with van der Waals surface area (Å²) in [6.45, 7) is 4.28. The Morgan fingerprint density at radius 2 is 2.11 bits per heavy atom. The lowest BCUT2D eigenvalue weighted by Crippen LogP contribution is -2.13. The summed E-state index contributed by atoms with van der Waals surface area (Å²) < 4.78 is 6.81. The van der Waals surface area contributed by atoms with Gasteiger partial charge in [0.1, 0.15) is 0 Å². The van der Waals surface area contributed by atoms with Crippen molar-refractivity contribution in [2.75, 3.05) is 0 Å². The summed E-state index contributed by atoms with van der Waals surface area (Å²) in [7, 11) is 0. The molecular weight excluding hydrogens is 230 g/mol. The van der Waals surface area contributed by atoms with Gasteiger partial charge in [-0.1, -0.05) is 19.8 Å². The lowest BCUT2D eigenvalue weighted by molar-refractivity contribution is 0.101. The van der Waals surface area contributed by atoms with Crippen molar-refractivity contribution in [3.05, 3.63) is 34.3 Å². The van der Waals surface area contributed by atoms with Crippen LogP contribution in [0, 0.1) is 0 Å². The van der Waals surface area contributed by atoms with E-state index in [1.807, 2.05) is 0 Å². The molecule has 0 N–H and O–H groups in total. The fourth-order valence-corrected chi connectivity index (χ4v) is 2.02. The fourth-order valence-electron chi connectivity index (χ4n) is 2.02. The number of oxazole rings is 1. The van der Waals surface area contributed by atoms with Crippen LogP contribution in [0.3, 0.4) is 0 Å². The average Bonchev–Trinajstić information content (AvgIpc) is 2.65. The zero-order chi connectivity index (χ0) is 13.1. The van der Waals surface area contributed by atoms with Crippen molar-refractivity contribution < 1.29 is 9.21 Å². The van der Waals surface area contributed by atoms with E-state index < -0.39 is 0 Å². The first kappa shape index (κ1) is 12.6. The molecule has 0 aliphatic heterocycles. The largest absolute Gasteiger partial charge is 0.419 e. The van der Waals surface area contributed by atoms with Gasteiger partial charge in [0.15, 0.2) is 11.4 Å². The lowest BCUT2D eigenvalue weighted by Gasteiger charge is -2.01. The highest BCUT2D eigenvalue weighted by atomic mass is 16.4. The second kappa shape index (κ2) is 5.21. The van der Waals surface area contributed by atoms with Crippen molar-refractivity contribution in [1.29, 1.82) is 0 Å². The molecule has 96 valence electrons. The van der Waals surface area contributed by atoms with E-state index in [4.69, 9.17) is 4.42 Å². The van der Waals surface area contributed by atoms with Crippen LogP contribution in [0.1, 0.15) is 43.5 Å². The molecule has 0 fully saturated rings. The van der Waals surface area contributed by atoms with E-state index in [1.165, 1.54) is 6.92 Å². The van der Waals surface area contributed by atoms with Gasteiger partial charge in [-0.05, 0) is 31.5 Å². The Morgan fingerprint density at radius 3 is 2.78 bits per heavy atom. The molecule has 0 spiro atoms. The van der Waals surface area contributed by atoms with Gasteiger partial charge in [-0.3, -0.25) is 9.36 Å². The van der Waals surface area contributed by atoms with E-state index >= 15 is 0 Å². The molecule has 0 aliphatic rings. The van der Waals surface area contributed by atoms with Crippen LogP contribution in [-0.4, -0.2) is 10.4 Å². The van der Waals surface area contributed by atoms with Crippen LogP contribution in [0.4, 0.5) is 0 Å². The Hall–Kier alpha value is -1.84. The summed E-state index contributed by atoms with van der Waals surface area (Å²) in [6.07, 6.45) is 3.16. The number of aromatic nitrogens is 1. The third kappa shape index (κ3) is 2.37. The first-order valence-corrected chi connectivity index (χ1v) is 6.28. The van der Waals surface area contributed by atoms with Crippen LogP contribution in [0.15, 0.2) is 27.4 Å². The number of Topliss-reactive ketones (excluding diaryl/α,β-unsaturated/α-hetero) is 1. The highest BCUT2D eigenvalue weighted by Gasteiger charge is 2.10. The Bertz CT molecular complexity index is 621. The van der Waals surface area contributed by atoms with Gasteiger partial charge in [0.2, 0.25) is 0 Å². The molecule has 0 saturated carbocycles. The maximum Gasteiger partial charge on any atom is 0.419 e. The van der Waals surface area contributed by atoms with E-state index in [-0.39, 0.29) is 11.5 Å². The van der Waals surface area contributed by atoms with Gasteiger partial charge in [-0.25, -0.2) is 4.79 Å². The third-order valence-corrected chi connectivity index (χ3v) is 3.06. The van der Waals surface area contributed by atoms with Crippen molar-refractivity contribution >= 4 is 16.9 Å². The summed E-state index contributed by atoms with van der Waals surface area (Å²) >= 11 is 0. The zero-order valence-electron chi connectivity index (χ0n) is 10.7. The molecule has 2 aromatic rings. The van der Waals surface area contributed by atoms with Gasteiger partial charge >= 0.3 is 5.76 Å². The fraction of sp³-hybridized carbons (Fsp3) is 0.429. The van der Waals surface area contributed by atoms with Crippen molar-refractivity contribution in [1.82, 2.24) is 4.57 Å². The minimum atomic E-state index is -0.346. The standard InChI is InChI=1S/C14H17NO3/c1-3-4-5-8-15-12-7-6-11(10(2)16)9-13(12)18-14(15)17/h6-7,9H,3-5,8H2,1-2H3. The van der Waals surface area contributed by atoms with Crippen molar-refractivity contribution in [3.8, 4) is 0 Å². The number of nitrogens with zero attached hydrogens (tertiary/aromatic N) is 1. The molecule has 1 aromatic heterocycles. The number of ketones is 1. The third-order valence-electron chi connectivity index (χ3n) is 3.06. The molecule has 1 aromatic carbocycles. The van der Waals surface area contributed by atoms with E-state index in [1.54, 1.807) is 22.8 Å². The minimum absolute atomic E-state index is 0.0294. The minimum Gasteiger partial charge on any atom is -0.408 e. The Balaban J connectivity index is 2.39. The lowest BCUT2D eigenvalue weighted by atomic mass is 10.1. The first-order chi connectivity index (χ1) is 8.63. The topological polar surface area (TPSA) is 52.2 Å². The van der Waals surface area contributed by atoms with Gasteiger partial charge in [0.25, 0.3) is 0 Å². The molecule has 1 heterocycles. The molecule has 0 saturated heterocycles. The smallest absolute Gasteiger partial charge is 0.408 e. The Morgan fingerprint density at radius 1 is 1.33 bits per heavy atom. The highest BCUT2D eigenvalue weighted by molar-refractivity contribution is 5.96.